The second-order valence-corrected chi connectivity index (χ2v) is 9.14. The molecule has 0 bridgehead atoms. The number of hydrogen-bond donors (Lipinski definition) is 1. The highest BCUT2D eigenvalue weighted by atomic mass is 16.5. The first-order valence-electron chi connectivity index (χ1n) is 12.8. The van der Waals surface area contributed by atoms with Gasteiger partial charge in [0, 0.05) is 16.8 Å². The molecule has 0 aliphatic heterocycles. The Balaban J connectivity index is 1.45. The van der Waals surface area contributed by atoms with E-state index in [4.69, 9.17) is 19.2 Å². The summed E-state index contributed by atoms with van der Waals surface area (Å²) < 4.78 is 18.2. The molecule has 0 aliphatic carbocycles. The molecular formula is C32H28N4O5. The van der Waals surface area contributed by atoms with Gasteiger partial charge in [0.25, 0.3) is 11.5 Å². The van der Waals surface area contributed by atoms with Crippen LogP contribution in [0.5, 0.6) is 17.2 Å². The van der Waals surface area contributed by atoms with E-state index in [1.807, 2.05) is 67.6 Å². The monoisotopic (exact) mass is 548 g/mol. The predicted octanol–water partition coefficient (Wildman–Crippen LogP) is 5.29. The normalized spacial score (nSPS) is 11.0. The summed E-state index contributed by atoms with van der Waals surface area (Å²) >= 11 is 0. The zero-order valence-electron chi connectivity index (χ0n) is 22.8. The van der Waals surface area contributed by atoms with E-state index < -0.39 is 0 Å². The molecule has 0 unspecified atom stereocenters. The maximum Gasteiger partial charge on any atom is 0.282 e. The molecule has 9 nitrogen and oxygen atoms in total. The minimum absolute atomic E-state index is 0.257. The standard InChI is InChI=1S/C32H28N4O5/c1-21-13-15-24(16-14-21)34-29(37)20-41-30-27(39-2)17-22(18-28(30)40-3)19-33-36-31(23-9-5-4-6-10-23)35-26-12-8-7-11-25(26)32(36)38/h4-19H,20H2,1-3H3,(H,34,37). The van der Waals surface area contributed by atoms with E-state index in [9.17, 15) is 9.59 Å². The maximum atomic E-state index is 13.4. The number of aromatic nitrogens is 2. The van der Waals surface area contributed by atoms with Crippen LogP contribution in [-0.4, -0.2) is 42.6 Å². The third-order valence-electron chi connectivity index (χ3n) is 6.27. The zero-order valence-corrected chi connectivity index (χ0v) is 22.8. The number of carbonyl (C=O) groups excluding carboxylic acids is 1. The SMILES string of the molecule is COc1cc(C=Nn2c(-c3ccccc3)nc3ccccc3c2=O)cc(OC)c1OCC(=O)Nc1ccc(C)cc1. The fourth-order valence-corrected chi connectivity index (χ4v) is 4.22. The number of ether oxygens (including phenoxy) is 3. The topological polar surface area (TPSA) is 104 Å². The molecule has 0 fully saturated rings. The molecule has 1 aromatic heterocycles. The minimum atomic E-state index is -0.333. The number of amides is 1. The number of nitrogens with zero attached hydrogens (tertiary/aromatic N) is 3. The maximum absolute atomic E-state index is 13.4. The van der Waals surface area contributed by atoms with Crippen molar-refractivity contribution in [3.05, 3.63) is 112 Å². The van der Waals surface area contributed by atoms with Crippen molar-refractivity contribution in [3.63, 3.8) is 0 Å². The molecule has 0 saturated carbocycles. The van der Waals surface area contributed by atoms with Gasteiger partial charge >= 0.3 is 0 Å². The summed E-state index contributed by atoms with van der Waals surface area (Å²) in [6, 6.07) is 27.4. The van der Waals surface area contributed by atoms with Gasteiger partial charge < -0.3 is 19.5 Å². The summed E-state index contributed by atoms with van der Waals surface area (Å²) in [4.78, 5) is 30.7. The molecule has 0 atom stereocenters. The lowest BCUT2D eigenvalue weighted by Crippen LogP contribution is -2.20. The summed E-state index contributed by atoms with van der Waals surface area (Å²) in [6.07, 6.45) is 1.52. The third kappa shape index (κ3) is 6.09. The van der Waals surface area contributed by atoms with Crippen LogP contribution in [0.4, 0.5) is 5.69 Å². The Bertz CT molecular complexity index is 1760. The van der Waals surface area contributed by atoms with Crippen molar-refractivity contribution in [2.45, 2.75) is 6.92 Å². The Morgan fingerprint density at radius 1 is 0.927 bits per heavy atom. The molecule has 5 rings (SSSR count). The van der Waals surface area contributed by atoms with Crippen molar-refractivity contribution < 1.29 is 19.0 Å². The first kappa shape index (κ1) is 27.1. The van der Waals surface area contributed by atoms with E-state index in [-0.39, 0.29) is 23.8 Å². The van der Waals surface area contributed by atoms with E-state index in [0.717, 1.165) is 11.1 Å². The molecule has 0 spiro atoms. The van der Waals surface area contributed by atoms with Crippen LogP contribution in [0, 0.1) is 6.92 Å². The van der Waals surface area contributed by atoms with E-state index in [1.54, 1.807) is 30.3 Å². The smallest absolute Gasteiger partial charge is 0.282 e. The van der Waals surface area contributed by atoms with Gasteiger partial charge in [-0.25, -0.2) is 4.98 Å². The number of hydrogen-bond acceptors (Lipinski definition) is 7. The van der Waals surface area contributed by atoms with Crippen molar-refractivity contribution >= 4 is 28.7 Å². The number of para-hydroxylation sites is 1. The second-order valence-electron chi connectivity index (χ2n) is 9.14. The largest absolute Gasteiger partial charge is 0.493 e. The highest BCUT2D eigenvalue weighted by Gasteiger charge is 2.17. The average Bonchev–Trinajstić information content (AvgIpc) is 3.00. The lowest BCUT2D eigenvalue weighted by atomic mass is 10.2. The highest BCUT2D eigenvalue weighted by molar-refractivity contribution is 5.92. The summed E-state index contributed by atoms with van der Waals surface area (Å²) in [5.41, 5.74) is 3.37. The van der Waals surface area contributed by atoms with Crippen molar-refractivity contribution in [1.29, 1.82) is 0 Å². The Hall–Kier alpha value is -5.44. The van der Waals surface area contributed by atoms with Crippen LogP contribution < -0.4 is 25.1 Å². The number of aryl methyl sites for hydroxylation is 1. The van der Waals surface area contributed by atoms with Crippen molar-refractivity contribution in [1.82, 2.24) is 9.66 Å². The average molecular weight is 549 g/mol. The Morgan fingerprint density at radius 3 is 2.27 bits per heavy atom. The van der Waals surface area contributed by atoms with Gasteiger partial charge in [0.2, 0.25) is 5.75 Å². The zero-order chi connectivity index (χ0) is 28.8. The molecule has 206 valence electrons. The predicted molar refractivity (Wildman–Crippen MR) is 159 cm³/mol. The molecule has 0 aliphatic rings. The lowest BCUT2D eigenvalue weighted by Gasteiger charge is -2.15. The molecule has 41 heavy (non-hydrogen) atoms. The molecule has 5 aromatic rings. The van der Waals surface area contributed by atoms with Crippen molar-refractivity contribution in [2.24, 2.45) is 5.10 Å². The van der Waals surface area contributed by atoms with Crippen molar-refractivity contribution in [3.8, 4) is 28.6 Å². The van der Waals surface area contributed by atoms with Crippen LogP contribution in [-0.2, 0) is 4.79 Å². The van der Waals surface area contributed by atoms with Gasteiger partial charge in [-0.15, -0.1) is 0 Å². The third-order valence-corrected chi connectivity index (χ3v) is 6.27. The van der Waals surface area contributed by atoms with E-state index >= 15 is 0 Å². The summed E-state index contributed by atoms with van der Waals surface area (Å²) in [7, 11) is 2.97. The van der Waals surface area contributed by atoms with E-state index in [1.165, 1.54) is 25.1 Å². The number of rotatable bonds is 9. The van der Waals surface area contributed by atoms with Gasteiger partial charge in [-0.05, 0) is 43.3 Å². The number of fused-ring (bicyclic) bond motifs is 1. The Morgan fingerprint density at radius 2 is 1.59 bits per heavy atom. The van der Waals surface area contributed by atoms with Gasteiger partial charge in [-0.3, -0.25) is 9.59 Å². The van der Waals surface area contributed by atoms with Gasteiger partial charge in [0.1, 0.15) is 0 Å². The van der Waals surface area contributed by atoms with E-state index in [2.05, 4.69) is 10.4 Å². The first-order valence-corrected chi connectivity index (χ1v) is 12.8. The molecule has 9 heteroatoms. The van der Waals surface area contributed by atoms with Gasteiger partial charge in [-0.2, -0.15) is 9.78 Å². The van der Waals surface area contributed by atoms with Crippen LogP contribution in [0.1, 0.15) is 11.1 Å². The summed E-state index contributed by atoms with van der Waals surface area (Å²) in [5.74, 6) is 1.01. The number of nitrogens with one attached hydrogen (secondary N) is 1. The van der Waals surface area contributed by atoms with Crippen LogP contribution in [0.3, 0.4) is 0 Å². The van der Waals surface area contributed by atoms with Crippen molar-refractivity contribution in [2.75, 3.05) is 26.1 Å². The second kappa shape index (κ2) is 12.2. The molecule has 1 heterocycles. The summed E-state index contributed by atoms with van der Waals surface area (Å²) in [6.45, 7) is 1.72. The number of methoxy groups -OCH3 is 2. The van der Waals surface area contributed by atoms with Crippen LogP contribution in [0.2, 0.25) is 0 Å². The molecular weight excluding hydrogens is 520 g/mol. The van der Waals surface area contributed by atoms with Crippen LogP contribution >= 0.6 is 0 Å². The fraction of sp³-hybridized carbons (Fsp3) is 0.125. The molecule has 0 radical (unpaired) electrons. The number of anilines is 1. The van der Waals surface area contributed by atoms with Gasteiger partial charge in [0.15, 0.2) is 23.9 Å². The summed E-state index contributed by atoms with van der Waals surface area (Å²) in [5, 5.41) is 7.76. The van der Waals surface area contributed by atoms with E-state index in [0.29, 0.717) is 39.5 Å². The first-order chi connectivity index (χ1) is 20.0. The minimum Gasteiger partial charge on any atom is -0.493 e. The van der Waals surface area contributed by atoms with Crippen LogP contribution in [0.15, 0.2) is 101 Å². The quantitative estimate of drug-likeness (QED) is 0.251. The molecule has 1 amide bonds. The van der Waals surface area contributed by atoms with Gasteiger partial charge in [0.05, 0.1) is 31.3 Å². The fourth-order valence-electron chi connectivity index (χ4n) is 4.22. The Kier molecular flexibility index (Phi) is 8.05. The Labute approximate surface area is 236 Å². The van der Waals surface area contributed by atoms with Gasteiger partial charge in [-0.1, -0.05) is 60.2 Å². The molecule has 0 saturated heterocycles. The molecule has 1 N–H and O–H groups in total. The molecule has 4 aromatic carbocycles. The highest BCUT2D eigenvalue weighted by Crippen LogP contribution is 2.38. The number of benzene rings is 4. The van der Waals surface area contributed by atoms with Crippen LogP contribution in [0.25, 0.3) is 22.3 Å². The number of carbonyl (C=O) groups is 1. The lowest BCUT2D eigenvalue weighted by molar-refractivity contribution is -0.118.